The van der Waals surface area contributed by atoms with E-state index in [1.165, 1.54) is 0 Å². The predicted molar refractivity (Wildman–Crippen MR) is 117 cm³/mol. The molecule has 0 aromatic heterocycles. The van der Waals surface area contributed by atoms with E-state index in [9.17, 15) is 19.2 Å². The van der Waals surface area contributed by atoms with Gasteiger partial charge < -0.3 is 9.64 Å². The summed E-state index contributed by atoms with van der Waals surface area (Å²) in [6, 6.07) is 14.1. The number of ether oxygens (including phenoxy) is 1. The summed E-state index contributed by atoms with van der Waals surface area (Å²) in [6.45, 7) is 1.64. The molecule has 31 heavy (non-hydrogen) atoms. The van der Waals surface area contributed by atoms with Gasteiger partial charge in [-0.05, 0) is 42.3 Å². The highest BCUT2D eigenvalue weighted by atomic mass is 79.9. The highest BCUT2D eigenvalue weighted by molar-refractivity contribution is 9.10. The fraction of sp³-hybridized carbons (Fsp3) is 0.273. The summed E-state index contributed by atoms with van der Waals surface area (Å²) in [5.41, 5.74) is 6.62. The maximum Gasteiger partial charge on any atom is 0.311 e. The second-order valence-electron chi connectivity index (χ2n) is 7.00. The Kier molecular flexibility index (Phi) is 7.41. The van der Waals surface area contributed by atoms with Crippen LogP contribution in [0, 0.1) is 5.92 Å². The lowest BCUT2D eigenvalue weighted by Gasteiger charge is -2.19. The van der Waals surface area contributed by atoms with Gasteiger partial charge in [-0.3, -0.25) is 30.0 Å². The minimum Gasteiger partial charge on any atom is -0.455 e. The summed E-state index contributed by atoms with van der Waals surface area (Å²) in [5.74, 6) is -2.62. The van der Waals surface area contributed by atoms with Crippen LogP contribution in [-0.2, 0) is 25.5 Å². The summed E-state index contributed by atoms with van der Waals surface area (Å²) < 4.78 is 5.86. The molecule has 1 unspecified atom stereocenters. The first-order valence-electron chi connectivity index (χ1n) is 9.78. The number of hydrogen-bond acceptors (Lipinski definition) is 5. The molecule has 1 saturated heterocycles. The van der Waals surface area contributed by atoms with Gasteiger partial charge in [0.1, 0.15) is 0 Å². The molecule has 0 saturated carbocycles. The third-order valence-corrected chi connectivity index (χ3v) is 5.42. The summed E-state index contributed by atoms with van der Waals surface area (Å²) in [7, 11) is 0. The van der Waals surface area contributed by atoms with E-state index in [1.54, 1.807) is 29.2 Å². The Morgan fingerprint density at radius 1 is 1.10 bits per heavy atom. The summed E-state index contributed by atoms with van der Waals surface area (Å²) in [6.07, 6.45) is 0.792. The molecule has 1 aliphatic rings. The average Bonchev–Trinajstić information content (AvgIpc) is 3.17. The molecular weight excluding hydrogens is 466 g/mol. The molecule has 9 heteroatoms. The normalized spacial score (nSPS) is 15.5. The molecule has 1 heterocycles. The average molecular weight is 488 g/mol. The second-order valence-corrected chi connectivity index (χ2v) is 7.92. The third kappa shape index (κ3) is 5.69. The molecule has 162 valence electrons. The molecule has 2 aromatic carbocycles. The lowest BCUT2D eigenvalue weighted by molar-refractivity contribution is -0.152. The number of halogens is 1. The standard InChI is InChI=1S/C22H22BrN3O5/c1-2-14-5-3-4-6-18(14)26-12-16(11-20(26)28)22(30)31-13-19(27)24-25-21(29)15-7-9-17(23)10-8-15/h3-10,16H,2,11-13H2,1H3,(H,24,27)(H,25,29). The molecule has 0 spiro atoms. The number of rotatable bonds is 6. The molecule has 0 bridgehead atoms. The number of amides is 3. The number of hydrazine groups is 1. The lowest BCUT2D eigenvalue weighted by Crippen LogP contribution is -2.43. The van der Waals surface area contributed by atoms with E-state index in [-0.39, 0.29) is 18.9 Å². The number of esters is 1. The summed E-state index contributed by atoms with van der Waals surface area (Å²) >= 11 is 3.27. The summed E-state index contributed by atoms with van der Waals surface area (Å²) in [5, 5.41) is 0. The number of nitrogens with one attached hydrogen (secondary N) is 2. The molecule has 0 radical (unpaired) electrons. The number of carbonyl (C=O) groups excluding carboxylic acids is 4. The Morgan fingerprint density at radius 2 is 1.81 bits per heavy atom. The van der Waals surface area contributed by atoms with Crippen molar-refractivity contribution in [2.45, 2.75) is 19.8 Å². The van der Waals surface area contributed by atoms with Crippen LogP contribution in [-0.4, -0.2) is 36.8 Å². The van der Waals surface area contributed by atoms with Crippen LogP contribution < -0.4 is 15.8 Å². The monoisotopic (exact) mass is 487 g/mol. The van der Waals surface area contributed by atoms with Crippen molar-refractivity contribution in [1.29, 1.82) is 0 Å². The van der Waals surface area contributed by atoms with Crippen LogP contribution in [0.4, 0.5) is 5.69 Å². The zero-order chi connectivity index (χ0) is 22.4. The first-order valence-corrected chi connectivity index (χ1v) is 10.6. The van der Waals surface area contributed by atoms with Crippen molar-refractivity contribution in [1.82, 2.24) is 10.9 Å². The second kappa shape index (κ2) is 10.2. The minimum absolute atomic E-state index is 0.0266. The number of para-hydroxylation sites is 1. The van der Waals surface area contributed by atoms with Gasteiger partial charge in [0, 0.05) is 28.7 Å². The molecular formula is C22H22BrN3O5. The first kappa shape index (κ1) is 22.5. The van der Waals surface area contributed by atoms with Crippen molar-refractivity contribution in [3.8, 4) is 0 Å². The largest absolute Gasteiger partial charge is 0.455 e. The van der Waals surface area contributed by atoms with E-state index in [0.717, 1.165) is 22.1 Å². The maximum absolute atomic E-state index is 12.4. The van der Waals surface area contributed by atoms with Gasteiger partial charge >= 0.3 is 5.97 Å². The first-order chi connectivity index (χ1) is 14.9. The Balaban J connectivity index is 1.47. The highest BCUT2D eigenvalue weighted by Gasteiger charge is 2.37. The van der Waals surface area contributed by atoms with Crippen LogP contribution in [0.1, 0.15) is 29.3 Å². The van der Waals surface area contributed by atoms with Gasteiger partial charge in [0.05, 0.1) is 5.92 Å². The van der Waals surface area contributed by atoms with Crippen LogP contribution in [0.3, 0.4) is 0 Å². The Morgan fingerprint density at radius 3 is 2.52 bits per heavy atom. The summed E-state index contributed by atoms with van der Waals surface area (Å²) in [4.78, 5) is 50.2. The van der Waals surface area contributed by atoms with Crippen LogP contribution in [0.5, 0.6) is 0 Å². The van der Waals surface area contributed by atoms with Gasteiger partial charge in [-0.15, -0.1) is 0 Å². The predicted octanol–water partition coefficient (Wildman–Crippen LogP) is 2.37. The van der Waals surface area contributed by atoms with Crippen molar-refractivity contribution >= 4 is 45.3 Å². The SMILES string of the molecule is CCc1ccccc1N1CC(C(=O)OCC(=O)NNC(=O)c2ccc(Br)cc2)CC1=O. The van der Waals surface area contributed by atoms with Crippen molar-refractivity contribution in [3.63, 3.8) is 0 Å². The Bertz CT molecular complexity index is 993. The topological polar surface area (TPSA) is 105 Å². The fourth-order valence-corrected chi connectivity index (χ4v) is 3.53. The van der Waals surface area contributed by atoms with E-state index in [4.69, 9.17) is 4.74 Å². The van der Waals surface area contributed by atoms with Gasteiger partial charge in [0.2, 0.25) is 5.91 Å². The number of anilines is 1. The molecule has 3 rings (SSSR count). The molecule has 1 fully saturated rings. The van der Waals surface area contributed by atoms with E-state index in [1.807, 2.05) is 31.2 Å². The number of benzene rings is 2. The van der Waals surface area contributed by atoms with Crippen LogP contribution in [0.2, 0.25) is 0 Å². The van der Waals surface area contributed by atoms with Gasteiger partial charge in [0.25, 0.3) is 11.8 Å². The van der Waals surface area contributed by atoms with E-state index in [0.29, 0.717) is 5.56 Å². The molecule has 8 nitrogen and oxygen atoms in total. The van der Waals surface area contributed by atoms with Crippen molar-refractivity contribution in [2.75, 3.05) is 18.1 Å². The highest BCUT2D eigenvalue weighted by Crippen LogP contribution is 2.29. The Hall–Kier alpha value is -3.20. The number of aryl methyl sites for hydroxylation is 1. The van der Waals surface area contributed by atoms with Crippen molar-refractivity contribution < 1.29 is 23.9 Å². The Labute approximate surface area is 188 Å². The quantitative estimate of drug-likeness (QED) is 0.480. The van der Waals surface area contributed by atoms with Gasteiger partial charge in [-0.1, -0.05) is 41.1 Å². The molecule has 2 aromatic rings. The van der Waals surface area contributed by atoms with E-state index >= 15 is 0 Å². The van der Waals surface area contributed by atoms with Crippen LogP contribution in [0.15, 0.2) is 53.0 Å². The molecule has 2 N–H and O–H groups in total. The van der Waals surface area contributed by atoms with Crippen molar-refractivity contribution in [2.24, 2.45) is 5.92 Å². The smallest absolute Gasteiger partial charge is 0.311 e. The van der Waals surface area contributed by atoms with E-state index in [2.05, 4.69) is 26.8 Å². The molecule has 3 amide bonds. The molecule has 0 aliphatic carbocycles. The van der Waals surface area contributed by atoms with Crippen LogP contribution in [0.25, 0.3) is 0 Å². The van der Waals surface area contributed by atoms with Crippen molar-refractivity contribution in [3.05, 3.63) is 64.1 Å². The van der Waals surface area contributed by atoms with Gasteiger partial charge in [-0.2, -0.15) is 0 Å². The molecule has 1 atom stereocenters. The number of hydrogen-bond donors (Lipinski definition) is 2. The third-order valence-electron chi connectivity index (χ3n) is 4.89. The lowest BCUT2D eigenvalue weighted by atomic mass is 10.1. The minimum atomic E-state index is -0.684. The number of nitrogens with zero attached hydrogens (tertiary/aromatic N) is 1. The van der Waals surface area contributed by atoms with Gasteiger partial charge in [0.15, 0.2) is 6.61 Å². The van der Waals surface area contributed by atoms with Gasteiger partial charge in [-0.25, -0.2) is 0 Å². The van der Waals surface area contributed by atoms with E-state index < -0.39 is 30.3 Å². The number of carbonyl (C=O) groups is 4. The molecule has 1 aliphatic heterocycles. The fourth-order valence-electron chi connectivity index (χ4n) is 3.26. The zero-order valence-corrected chi connectivity index (χ0v) is 18.5. The maximum atomic E-state index is 12.4. The zero-order valence-electron chi connectivity index (χ0n) is 16.9. The van der Waals surface area contributed by atoms with Crippen LogP contribution >= 0.6 is 15.9 Å².